The first-order chi connectivity index (χ1) is 10.5. The molecule has 0 spiro atoms. The van der Waals surface area contributed by atoms with Gasteiger partial charge in [-0.2, -0.15) is 0 Å². The summed E-state index contributed by atoms with van der Waals surface area (Å²) in [6.45, 7) is 0. The molecular weight excluding hydrogens is 327 g/mol. The van der Waals surface area contributed by atoms with Crippen LogP contribution in [-0.4, -0.2) is 22.0 Å². The largest absolute Gasteiger partial charge is 0.481 e. The topological polar surface area (TPSA) is 79.3 Å². The van der Waals surface area contributed by atoms with E-state index in [4.69, 9.17) is 28.3 Å². The molecule has 0 aliphatic heterocycles. The molecule has 5 nitrogen and oxygen atoms in total. The molecule has 2 rings (SSSR count). The highest BCUT2D eigenvalue weighted by molar-refractivity contribution is 6.31. The minimum absolute atomic E-state index is 0.106. The number of carbonyl (C=O) groups is 2. The molecule has 0 saturated carbocycles. The van der Waals surface area contributed by atoms with Crippen LogP contribution in [-0.2, 0) is 4.79 Å². The lowest BCUT2D eigenvalue weighted by Gasteiger charge is -2.18. The summed E-state index contributed by atoms with van der Waals surface area (Å²) in [5.41, 5.74) is 0.636. The second kappa shape index (κ2) is 7.24. The molecule has 2 N–H and O–H groups in total. The second-order valence-corrected chi connectivity index (χ2v) is 5.29. The first-order valence-electron chi connectivity index (χ1n) is 6.37. The molecule has 22 heavy (non-hydrogen) atoms. The highest BCUT2D eigenvalue weighted by Gasteiger charge is 2.21. The van der Waals surface area contributed by atoms with Crippen molar-refractivity contribution in [3.8, 4) is 0 Å². The number of aromatic nitrogens is 1. The predicted molar refractivity (Wildman–Crippen MR) is 83.2 cm³/mol. The Hall–Kier alpha value is -2.11. The van der Waals surface area contributed by atoms with Gasteiger partial charge in [-0.05, 0) is 23.8 Å². The maximum Gasteiger partial charge on any atom is 0.305 e. The fourth-order valence-electron chi connectivity index (χ4n) is 1.94. The highest BCUT2D eigenvalue weighted by atomic mass is 35.5. The molecule has 0 saturated heterocycles. The number of nitrogens with one attached hydrogen (secondary N) is 1. The van der Waals surface area contributed by atoms with Gasteiger partial charge in [0, 0.05) is 5.02 Å². The number of hydrogen-bond donors (Lipinski definition) is 2. The summed E-state index contributed by atoms with van der Waals surface area (Å²) in [6.07, 6.45) is -0.296. The lowest BCUT2D eigenvalue weighted by molar-refractivity contribution is -0.137. The van der Waals surface area contributed by atoms with E-state index in [0.29, 0.717) is 10.6 Å². The van der Waals surface area contributed by atoms with Gasteiger partial charge in [-0.1, -0.05) is 47.5 Å². The van der Waals surface area contributed by atoms with Gasteiger partial charge in [0.1, 0.15) is 10.8 Å². The molecule has 114 valence electrons. The molecule has 1 aromatic carbocycles. The third-order valence-corrected chi connectivity index (χ3v) is 3.47. The van der Waals surface area contributed by atoms with Gasteiger partial charge in [0.05, 0.1) is 12.5 Å². The molecule has 1 aromatic heterocycles. The molecule has 0 bridgehead atoms. The summed E-state index contributed by atoms with van der Waals surface area (Å²) in [7, 11) is 0. The molecule has 0 unspecified atom stereocenters. The van der Waals surface area contributed by atoms with E-state index in [1.54, 1.807) is 36.4 Å². The Balaban J connectivity index is 2.25. The van der Waals surface area contributed by atoms with E-state index in [1.807, 2.05) is 0 Å². The van der Waals surface area contributed by atoms with Gasteiger partial charge >= 0.3 is 5.97 Å². The van der Waals surface area contributed by atoms with Crippen LogP contribution in [0, 0.1) is 0 Å². The van der Waals surface area contributed by atoms with Gasteiger partial charge in [-0.25, -0.2) is 4.98 Å². The molecular formula is C15H12Cl2N2O3. The Bertz CT molecular complexity index is 707. The van der Waals surface area contributed by atoms with Gasteiger partial charge in [0.25, 0.3) is 5.91 Å². The highest BCUT2D eigenvalue weighted by Crippen LogP contribution is 2.25. The zero-order chi connectivity index (χ0) is 16.1. The molecule has 1 amide bonds. The Morgan fingerprint density at radius 2 is 1.86 bits per heavy atom. The summed E-state index contributed by atoms with van der Waals surface area (Å²) < 4.78 is 0. The summed E-state index contributed by atoms with van der Waals surface area (Å²) in [5, 5.41) is 12.2. The van der Waals surface area contributed by atoms with Crippen LogP contribution in [0.15, 0.2) is 42.5 Å². The molecule has 0 aliphatic carbocycles. The van der Waals surface area contributed by atoms with Crippen LogP contribution in [0.25, 0.3) is 0 Å². The number of pyridine rings is 1. The standard InChI is InChI=1S/C15H12Cl2N2O3/c16-10-5-2-1-4-9(10)12(8-14(20)21)19-15(22)11-6-3-7-13(17)18-11/h1-7,12H,8H2,(H,19,22)(H,20,21)/t12-/m0/s1. The van der Waals surface area contributed by atoms with Crippen LogP contribution < -0.4 is 5.32 Å². The Morgan fingerprint density at radius 3 is 2.50 bits per heavy atom. The van der Waals surface area contributed by atoms with Crippen molar-refractivity contribution in [2.75, 3.05) is 0 Å². The Kier molecular flexibility index (Phi) is 5.35. The third-order valence-electron chi connectivity index (χ3n) is 2.91. The first-order valence-corrected chi connectivity index (χ1v) is 7.12. The van der Waals surface area contributed by atoms with Crippen LogP contribution in [0.4, 0.5) is 0 Å². The van der Waals surface area contributed by atoms with Gasteiger partial charge in [0.2, 0.25) is 0 Å². The van der Waals surface area contributed by atoms with E-state index in [-0.39, 0.29) is 17.3 Å². The van der Waals surface area contributed by atoms with Crippen molar-refractivity contribution < 1.29 is 14.7 Å². The average molecular weight is 339 g/mol. The molecule has 0 radical (unpaired) electrons. The molecule has 0 fully saturated rings. The van der Waals surface area contributed by atoms with Crippen molar-refractivity contribution in [3.63, 3.8) is 0 Å². The van der Waals surface area contributed by atoms with E-state index < -0.39 is 17.9 Å². The molecule has 1 heterocycles. The second-order valence-electron chi connectivity index (χ2n) is 4.49. The molecule has 7 heteroatoms. The van der Waals surface area contributed by atoms with E-state index in [9.17, 15) is 9.59 Å². The lowest BCUT2D eigenvalue weighted by atomic mass is 10.0. The number of carboxylic acid groups (broad SMARTS) is 1. The van der Waals surface area contributed by atoms with Crippen molar-refractivity contribution in [1.82, 2.24) is 10.3 Å². The van der Waals surface area contributed by atoms with Crippen LogP contribution in [0.3, 0.4) is 0 Å². The van der Waals surface area contributed by atoms with E-state index in [0.717, 1.165) is 0 Å². The summed E-state index contributed by atoms with van der Waals surface area (Å²) in [4.78, 5) is 27.1. The number of carbonyl (C=O) groups excluding carboxylic acids is 1. The number of nitrogens with zero attached hydrogens (tertiary/aromatic N) is 1. The smallest absolute Gasteiger partial charge is 0.305 e. The molecule has 1 atom stereocenters. The number of hydrogen-bond acceptors (Lipinski definition) is 3. The first kappa shape index (κ1) is 16.3. The Morgan fingerprint density at radius 1 is 1.14 bits per heavy atom. The van der Waals surface area contributed by atoms with Crippen molar-refractivity contribution in [2.45, 2.75) is 12.5 Å². The zero-order valence-electron chi connectivity index (χ0n) is 11.3. The average Bonchev–Trinajstić information content (AvgIpc) is 2.46. The summed E-state index contributed by atoms with van der Waals surface area (Å²) in [6, 6.07) is 10.6. The van der Waals surface area contributed by atoms with Gasteiger partial charge < -0.3 is 10.4 Å². The van der Waals surface area contributed by atoms with Crippen molar-refractivity contribution >= 4 is 35.1 Å². The lowest BCUT2D eigenvalue weighted by Crippen LogP contribution is -2.31. The van der Waals surface area contributed by atoms with Crippen molar-refractivity contribution in [2.24, 2.45) is 0 Å². The fraction of sp³-hybridized carbons (Fsp3) is 0.133. The molecule has 2 aromatic rings. The quantitative estimate of drug-likeness (QED) is 0.819. The van der Waals surface area contributed by atoms with Gasteiger partial charge in [0.15, 0.2) is 0 Å². The van der Waals surface area contributed by atoms with E-state index >= 15 is 0 Å². The zero-order valence-corrected chi connectivity index (χ0v) is 12.8. The van der Waals surface area contributed by atoms with Crippen LogP contribution >= 0.6 is 23.2 Å². The third kappa shape index (κ3) is 4.19. The SMILES string of the molecule is O=C(O)C[C@H](NC(=O)c1cccc(Cl)n1)c1ccccc1Cl. The van der Waals surface area contributed by atoms with Crippen molar-refractivity contribution in [1.29, 1.82) is 0 Å². The number of amides is 1. The normalized spacial score (nSPS) is 11.7. The minimum Gasteiger partial charge on any atom is -0.481 e. The number of rotatable bonds is 5. The monoisotopic (exact) mass is 338 g/mol. The van der Waals surface area contributed by atoms with Crippen LogP contribution in [0.1, 0.15) is 28.5 Å². The summed E-state index contributed by atoms with van der Waals surface area (Å²) in [5.74, 6) is -1.57. The number of halogens is 2. The molecule has 0 aliphatic rings. The van der Waals surface area contributed by atoms with Crippen LogP contribution in [0.2, 0.25) is 10.2 Å². The Labute approximate surface area is 136 Å². The number of aliphatic carboxylic acids is 1. The maximum atomic E-state index is 12.2. The minimum atomic E-state index is -1.05. The van der Waals surface area contributed by atoms with Crippen molar-refractivity contribution in [3.05, 3.63) is 63.9 Å². The maximum absolute atomic E-state index is 12.2. The van der Waals surface area contributed by atoms with Gasteiger partial charge in [-0.15, -0.1) is 0 Å². The van der Waals surface area contributed by atoms with Gasteiger partial charge in [-0.3, -0.25) is 9.59 Å². The number of benzene rings is 1. The predicted octanol–water partition coefficient (Wildman–Crippen LogP) is 3.33. The fourth-order valence-corrected chi connectivity index (χ4v) is 2.37. The van der Waals surface area contributed by atoms with E-state index in [2.05, 4.69) is 10.3 Å². The van der Waals surface area contributed by atoms with E-state index in [1.165, 1.54) is 6.07 Å². The number of carboxylic acids is 1. The summed E-state index contributed by atoms with van der Waals surface area (Å²) >= 11 is 11.8. The van der Waals surface area contributed by atoms with Crippen LogP contribution in [0.5, 0.6) is 0 Å².